The number of rotatable bonds is 5. The van der Waals surface area contributed by atoms with Gasteiger partial charge in [0.25, 0.3) is 0 Å². The molecule has 0 amide bonds. The van der Waals surface area contributed by atoms with Crippen LogP contribution in [0.2, 0.25) is 0 Å². The number of nitrogens with zero attached hydrogens (tertiary/aromatic N) is 1. The molecule has 84 valence electrons. The van der Waals surface area contributed by atoms with Crippen molar-refractivity contribution in [1.29, 1.82) is 0 Å². The van der Waals surface area contributed by atoms with Crippen molar-refractivity contribution in [2.75, 3.05) is 11.1 Å². The van der Waals surface area contributed by atoms with E-state index in [1.165, 1.54) is 0 Å². The van der Waals surface area contributed by atoms with Crippen LogP contribution >= 0.6 is 0 Å². The van der Waals surface area contributed by atoms with E-state index in [1.54, 1.807) is 6.20 Å². The van der Waals surface area contributed by atoms with Crippen LogP contribution in [-0.4, -0.2) is 10.5 Å². The first-order valence-electron chi connectivity index (χ1n) is 5.65. The first-order chi connectivity index (χ1) is 7.15. The van der Waals surface area contributed by atoms with E-state index in [4.69, 9.17) is 5.73 Å². The van der Waals surface area contributed by atoms with Gasteiger partial charge in [-0.2, -0.15) is 0 Å². The molecule has 1 heterocycles. The lowest BCUT2D eigenvalue weighted by atomic mass is 9.89. The monoisotopic (exact) mass is 207 g/mol. The van der Waals surface area contributed by atoms with E-state index < -0.39 is 0 Å². The number of hydrogen-bond donors (Lipinski definition) is 2. The first kappa shape index (κ1) is 11.8. The molecule has 15 heavy (non-hydrogen) atoms. The standard InChI is InChI=1S/C12H21N3/c1-4-12(5-2,6-3)15-10-7-8-14-11(13)9-10/h7-9H,4-6H2,1-3H3,(H3,13,14,15). The second-order valence-electron chi connectivity index (χ2n) is 3.94. The predicted octanol–water partition coefficient (Wildman–Crippen LogP) is 3.04. The van der Waals surface area contributed by atoms with Crippen molar-refractivity contribution in [3.05, 3.63) is 18.3 Å². The van der Waals surface area contributed by atoms with Crippen molar-refractivity contribution >= 4 is 11.5 Å². The summed E-state index contributed by atoms with van der Waals surface area (Å²) < 4.78 is 0. The maximum atomic E-state index is 5.65. The number of aromatic nitrogens is 1. The smallest absolute Gasteiger partial charge is 0.125 e. The molecule has 0 aromatic carbocycles. The predicted molar refractivity (Wildman–Crippen MR) is 65.9 cm³/mol. The summed E-state index contributed by atoms with van der Waals surface area (Å²) in [5.41, 5.74) is 6.90. The lowest BCUT2D eigenvalue weighted by molar-refractivity contribution is 0.420. The van der Waals surface area contributed by atoms with Crippen LogP contribution in [0.15, 0.2) is 18.3 Å². The summed E-state index contributed by atoms with van der Waals surface area (Å²) in [6, 6.07) is 3.85. The summed E-state index contributed by atoms with van der Waals surface area (Å²) in [6.45, 7) is 6.64. The zero-order valence-electron chi connectivity index (χ0n) is 9.88. The van der Waals surface area contributed by atoms with Crippen molar-refractivity contribution < 1.29 is 0 Å². The Labute approximate surface area is 92.1 Å². The molecule has 1 aromatic heterocycles. The second-order valence-corrected chi connectivity index (χ2v) is 3.94. The highest BCUT2D eigenvalue weighted by atomic mass is 15.0. The molecule has 0 aliphatic rings. The van der Waals surface area contributed by atoms with Gasteiger partial charge < -0.3 is 11.1 Å². The maximum Gasteiger partial charge on any atom is 0.125 e. The van der Waals surface area contributed by atoms with Crippen LogP contribution in [-0.2, 0) is 0 Å². The van der Waals surface area contributed by atoms with Crippen LogP contribution in [0.3, 0.4) is 0 Å². The number of nitrogens with two attached hydrogens (primary N) is 1. The fourth-order valence-electron chi connectivity index (χ4n) is 1.85. The van der Waals surface area contributed by atoms with Crippen LogP contribution in [0, 0.1) is 0 Å². The zero-order chi connectivity index (χ0) is 11.3. The fourth-order valence-corrected chi connectivity index (χ4v) is 1.85. The van der Waals surface area contributed by atoms with E-state index in [-0.39, 0.29) is 5.54 Å². The molecule has 0 radical (unpaired) electrons. The molecule has 0 bridgehead atoms. The molecule has 0 spiro atoms. The minimum absolute atomic E-state index is 0.188. The molecule has 0 atom stereocenters. The molecule has 1 rings (SSSR count). The van der Waals surface area contributed by atoms with Crippen LogP contribution in [0.5, 0.6) is 0 Å². The number of pyridine rings is 1. The lowest BCUT2D eigenvalue weighted by Crippen LogP contribution is -2.36. The van der Waals surface area contributed by atoms with Gasteiger partial charge in [0.05, 0.1) is 0 Å². The first-order valence-corrected chi connectivity index (χ1v) is 5.65. The summed E-state index contributed by atoms with van der Waals surface area (Å²) in [4.78, 5) is 3.99. The van der Waals surface area contributed by atoms with E-state index in [2.05, 4.69) is 31.1 Å². The zero-order valence-corrected chi connectivity index (χ0v) is 9.88. The van der Waals surface area contributed by atoms with Crippen LogP contribution in [0.1, 0.15) is 40.0 Å². The summed E-state index contributed by atoms with van der Waals surface area (Å²) in [6.07, 6.45) is 5.08. The highest BCUT2D eigenvalue weighted by molar-refractivity contribution is 5.51. The van der Waals surface area contributed by atoms with E-state index in [1.807, 2.05) is 12.1 Å². The van der Waals surface area contributed by atoms with Gasteiger partial charge in [-0.25, -0.2) is 4.98 Å². The Morgan fingerprint density at radius 2 is 1.87 bits per heavy atom. The molecule has 3 nitrogen and oxygen atoms in total. The Morgan fingerprint density at radius 1 is 1.27 bits per heavy atom. The van der Waals surface area contributed by atoms with E-state index in [0.717, 1.165) is 24.9 Å². The second kappa shape index (κ2) is 5.01. The third-order valence-corrected chi connectivity index (χ3v) is 3.22. The Kier molecular flexibility index (Phi) is 3.95. The average molecular weight is 207 g/mol. The Hall–Kier alpha value is -1.25. The molecular formula is C12H21N3. The van der Waals surface area contributed by atoms with Gasteiger partial charge in [0.1, 0.15) is 5.82 Å². The number of nitrogens with one attached hydrogen (secondary N) is 1. The Bertz CT molecular complexity index is 297. The third kappa shape index (κ3) is 2.85. The molecular weight excluding hydrogens is 186 g/mol. The van der Waals surface area contributed by atoms with Crippen LogP contribution < -0.4 is 11.1 Å². The molecule has 0 unspecified atom stereocenters. The molecule has 0 saturated heterocycles. The van der Waals surface area contributed by atoms with E-state index >= 15 is 0 Å². The molecule has 0 saturated carbocycles. The fraction of sp³-hybridized carbons (Fsp3) is 0.583. The maximum absolute atomic E-state index is 5.65. The van der Waals surface area contributed by atoms with Crippen molar-refractivity contribution in [2.45, 2.75) is 45.6 Å². The van der Waals surface area contributed by atoms with Crippen LogP contribution in [0.25, 0.3) is 0 Å². The number of hydrogen-bond acceptors (Lipinski definition) is 3. The lowest BCUT2D eigenvalue weighted by Gasteiger charge is -2.33. The van der Waals surface area contributed by atoms with Crippen molar-refractivity contribution in [1.82, 2.24) is 4.98 Å². The van der Waals surface area contributed by atoms with E-state index in [9.17, 15) is 0 Å². The van der Waals surface area contributed by atoms with Gasteiger partial charge >= 0.3 is 0 Å². The normalized spacial score (nSPS) is 11.4. The van der Waals surface area contributed by atoms with Gasteiger partial charge in [0.2, 0.25) is 0 Å². The van der Waals surface area contributed by atoms with Gasteiger partial charge in [-0.05, 0) is 25.3 Å². The van der Waals surface area contributed by atoms with Gasteiger partial charge in [0, 0.05) is 23.5 Å². The largest absolute Gasteiger partial charge is 0.384 e. The Morgan fingerprint density at radius 3 is 2.33 bits per heavy atom. The molecule has 3 heteroatoms. The quantitative estimate of drug-likeness (QED) is 0.780. The minimum atomic E-state index is 0.188. The summed E-state index contributed by atoms with van der Waals surface area (Å²) in [5, 5.41) is 3.56. The molecule has 0 aliphatic carbocycles. The van der Waals surface area contributed by atoms with Gasteiger partial charge in [-0.15, -0.1) is 0 Å². The molecule has 3 N–H and O–H groups in total. The summed E-state index contributed by atoms with van der Waals surface area (Å²) >= 11 is 0. The minimum Gasteiger partial charge on any atom is -0.384 e. The average Bonchev–Trinajstić information content (AvgIpc) is 2.26. The van der Waals surface area contributed by atoms with E-state index in [0.29, 0.717) is 5.82 Å². The Balaban J connectivity index is 2.82. The summed E-state index contributed by atoms with van der Waals surface area (Å²) in [5.74, 6) is 0.567. The van der Waals surface area contributed by atoms with Gasteiger partial charge in [0.15, 0.2) is 0 Å². The van der Waals surface area contributed by atoms with Gasteiger partial charge in [-0.1, -0.05) is 20.8 Å². The molecule has 1 aromatic rings. The van der Waals surface area contributed by atoms with Crippen LogP contribution in [0.4, 0.5) is 11.5 Å². The topological polar surface area (TPSA) is 50.9 Å². The van der Waals surface area contributed by atoms with Crippen molar-refractivity contribution in [3.63, 3.8) is 0 Å². The number of nitrogen functional groups attached to an aromatic ring is 1. The third-order valence-electron chi connectivity index (χ3n) is 3.22. The highest BCUT2D eigenvalue weighted by Gasteiger charge is 2.23. The SMILES string of the molecule is CCC(CC)(CC)Nc1ccnc(N)c1. The molecule has 0 aliphatic heterocycles. The van der Waals surface area contributed by atoms with Crippen molar-refractivity contribution in [2.24, 2.45) is 0 Å². The van der Waals surface area contributed by atoms with Crippen molar-refractivity contribution in [3.8, 4) is 0 Å². The highest BCUT2D eigenvalue weighted by Crippen LogP contribution is 2.25. The number of anilines is 2. The van der Waals surface area contributed by atoms with Gasteiger partial charge in [-0.3, -0.25) is 0 Å². The summed E-state index contributed by atoms with van der Waals surface area (Å²) in [7, 11) is 0. The molecule has 0 fully saturated rings.